The van der Waals surface area contributed by atoms with Crippen LogP contribution in [0.5, 0.6) is 0 Å². The third-order valence-corrected chi connectivity index (χ3v) is 3.60. The highest BCUT2D eigenvalue weighted by Crippen LogP contribution is 2.23. The summed E-state index contributed by atoms with van der Waals surface area (Å²) in [7, 11) is 2.07. The van der Waals surface area contributed by atoms with E-state index < -0.39 is 0 Å². The van der Waals surface area contributed by atoms with E-state index in [1.165, 1.54) is 18.5 Å². The molecule has 1 N–H and O–H groups in total. The number of rotatable bonds is 6. The molecule has 0 fully saturated rings. The number of hydrogen-bond acceptors (Lipinski definition) is 2. The zero-order valence-corrected chi connectivity index (χ0v) is 12.9. The predicted octanol–water partition coefficient (Wildman–Crippen LogP) is 3.17. The van der Waals surface area contributed by atoms with Gasteiger partial charge in [-0.3, -0.25) is 4.68 Å². The fourth-order valence-corrected chi connectivity index (χ4v) is 2.57. The molecule has 3 heteroatoms. The van der Waals surface area contributed by atoms with Crippen LogP contribution in [0.3, 0.4) is 0 Å². The molecule has 1 rings (SSSR count). The van der Waals surface area contributed by atoms with Crippen molar-refractivity contribution in [3.05, 3.63) is 17.5 Å². The molecular formula is C15H29N3. The number of hydrogen-bond donors (Lipinski definition) is 1. The molecule has 0 aromatic carbocycles. The zero-order chi connectivity index (χ0) is 13.8. The third-order valence-electron chi connectivity index (χ3n) is 3.60. The molecule has 3 nitrogen and oxygen atoms in total. The van der Waals surface area contributed by atoms with Crippen molar-refractivity contribution >= 4 is 0 Å². The SMILES string of the molecule is CCn1nc(C)cc1CCCC(NC)C(C)(C)C. The highest BCUT2D eigenvalue weighted by atomic mass is 15.3. The van der Waals surface area contributed by atoms with E-state index >= 15 is 0 Å². The standard InChI is InChI=1S/C15H29N3/c1-7-18-13(11-12(2)17-18)9-8-10-14(16-6)15(3,4)5/h11,14,16H,7-10H2,1-6H3. The molecule has 0 aliphatic heterocycles. The summed E-state index contributed by atoms with van der Waals surface area (Å²) in [5, 5.41) is 7.94. The first-order valence-electron chi connectivity index (χ1n) is 7.09. The van der Waals surface area contributed by atoms with Crippen LogP contribution in [0.15, 0.2) is 6.07 Å². The van der Waals surface area contributed by atoms with E-state index in [1.807, 2.05) is 0 Å². The fraction of sp³-hybridized carbons (Fsp3) is 0.800. The molecule has 0 radical (unpaired) electrons. The van der Waals surface area contributed by atoms with E-state index in [1.54, 1.807) is 0 Å². The highest BCUT2D eigenvalue weighted by molar-refractivity contribution is 5.09. The normalized spacial score (nSPS) is 13.9. The summed E-state index contributed by atoms with van der Waals surface area (Å²) < 4.78 is 2.13. The fourth-order valence-electron chi connectivity index (χ4n) is 2.57. The molecule has 0 bridgehead atoms. The van der Waals surface area contributed by atoms with Gasteiger partial charge in [-0.05, 0) is 51.6 Å². The van der Waals surface area contributed by atoms with Crippen molar-refractivity contribution in [2.45, 2.75) is 66.5 Å². The van der Waals surface area contributed by atoms with Gasteiger partial charge < -0.3 is 5.32 Å². The average molecular weight is 251 g/mol. The van der Waals surface area contributed by atoms with Crippen LogP contribution in [0.4, 0.5) is 0 Å². The van der Waals surface area contributed by atoms with E-state index in [0.717, 1.165) is 18.7 Å². The largest absolute Gasteiger partial charge is 0.316 e. The van der Waals surface area contributed by atoms with Crippen LogP contribution in [0.25, 0.3) is 0 Å². The molecule has 0 amide bonds. The van der Waals surface area contributed by atoms with Gasteiger partial charge in [0.15, 0.2) is 0 Å². The highest BCUT2D eigenvalue weighted by Gasteiger charge is 2.22. The molecule has 0 aliphatic rings. The summed E-state index contributed by atoms with van der Waals surface area (Å²) in [6.07, 6.45) is 3.56. The van der Waals surface area contributed by atoms with Gasteiger partial charge in [0, 0.05) is 18.3 Å². The van der Waals surface area contributed by atoms with E-state index in [9.17, 15) is 0 Å². The Morgan fingerprint density at radius 1 is 1.39 bits per heavy atom. The van der Waals surface area contributed by atoms with E-state index in [4.69, 9.17) is 0 Å². The molecule has 0 aliphatic carbocycles. The second kappa shape index (κ2) is 6.37. The lowest BCUT2D eigenvalue weighted by Gasteiger charge is -2.30. The molecule has 1 unspecified atom stereocenters. The lowest BCUT2D eigenvalue weighted by Crippen LogP contribution is -2.37. The van der Waals surface area contributed by atoms with Gasteiger partial charge >= 0.3 is 0 Å². The minimum Gasteiger partial charge on any atom is -0.316 e. The average Bonchev–Trinajstić information content (AvgIpc) is 2.63. The van der Waals surface area contributed by atoms with Crippen molar-refractivity contribution in [2.75, 3.05) is 7.05 Å². The van der Waals surface area contributed by atoms with Crippen LogP contribution in [0.2, 0.25) is 0 Å². The first kappa shape index (κ1) is 15.2. The Labute approximate surface area is 112 Å². The molecule has 0 spiro atoms. The van der Waals surface area contributed by atoms with Gasteiger partial charge in [0.05, 0.1) is 5.69 Å². The van der Waals surface area contributed by atoms with E-state index in [-0.39, 0.29) is 0 Å². The van der Waals surface area contributed by atoms with Gasteiger partial charge in [-0.1, -0.05) is 20.8 Å². The molecule has 1 aromatic rings. The summed E-state index contributed by atoms with van der Waals surface area (Å²) in [5.74, 6) is 0. The summed E-state index contributed by atoms with van der Waals surface area (Å²) in [5.41, 5.74) is 2.84. The van der Waals surface area contributed by atoms with Crippen LogP contribution in [-0.4, -0.2) is 22.9 Å². The maximum Gasteiger partial charge on any atom is 0.0596 e. The van der Waals surface area contributed by atoms with Gasteiger partial charge in [0.25, 0.3) is 0 Å². The maximum absolute atomic E-state index is 4.50. The predicted molar refractivity (Wildman–Crippen MR) is 77.9 cm³/mol. The Bertz CT molecular complexity index is 360. The Morgan fingerprint density at radius 2 is 2.06 bits per heavy atom. The van der Waals surface area contributed by atoms with Crippen LogP contribution in [-0.2, 0) is 13.0 Å². The van der Waals surface area contributed by atoms with Crippen molar-refractivity contribution < 1.29 is 0 Å². The van der Waals surface area contributed by atoms with Crippen molar-refractivity contribution in [3.8, 4) is 0 Å². The number of nitrogens with zero attached hydrogens (tertiary/aromatic N) is 2. The molecule has 18 heavy (non-hydrogen) atoms. The number of aryl methyl sites for hydroxylation is 3. The lowest BCUT2D eigenvalue weighted by molar-refractivity contribution is 0.263. The first-order valence-corrected chi connectivity index (χ1v) is 7.09. The Hall–Kier alpha value is -0.830. The van der Waals surface area contributed by atoms with Gasteiger partial charge in [0.2, 0.25) is 0 Å². The van der Waals surface area contributed by atoms with E-state index in [0.29, 0.717) is 11.5 Å². The molecule has 0 saturated carbocycles. The molecule has 1 heterocycles. The number of aromatic nitrogens is 2. The van der Waals surface area contributed by atoms with Crippen LogP contribution in [0.1, 0.15) is 51.9 Å². The van der Waals surface area contributed by atoms with Crippen molar-refractivity contribution in [1.29, 1.82) is 0 Å². The van der Waals surface area contributed by atoms with Gasteiger partial charge in [0.1, 0.15) is 0 Å². The smallest absolute Gasteiger partial charge is 0.0596 e. The molecule has 1 atom stereocenters. The van der Waals surface area contributed by atoms with Crippen molar-refractivity contribution in [2.24, 2.45) is 5.41 Å². The Balaban J connectivity index is 2.50. The Morgan fingerprint density at radius 3 is 2.56 bits per heavy atom. The minimum atomic E-state index is 0.329. The number of nitrogens with one attached hydrogen (secondary N) is 1. The summed E-state index contributed by atoms with van der Waals surface area (Å²) in [4.78, 5) is 0. The van der Waals surface area contributed by atoms with E-state index in [2.05, 4.69) is 62.8 Å². The molecule has 1 aromatic heterocycles. The second-order valence-electron chi connectivity index (χ2n) is 6.19. The minimum absolute atomic E-state index is 0.329. The molecule has 104 valence electrons. The van der Waals surface area contributed by atoms with Gasteiger partial charge in [-0.15, -0.1) is 0 Å². The Kier molecular flexibility index (Phi) is 5.39. The van der Waals surface area contributed by atoms with Crippen molar-refractivity contribution in [3.63, 3.8) is 0 Å². The van der Waals surface area contributed by atoms with Crippen molar-refractivity contribution in [1.82, 2.24) is 15.1 Å². The van der Waals surface area contributed by atoms with Crippen LogP contribution < -0.4 is 5.32 Å². The quantitative estimate of drug-likeness (QED) is 0.841. The maximum atomic E-state index is 4.50. The molecule has 0 saturated heterocycles. The lowest BCUT2D eigenvalue weighted by atomic mass is 9.84. The molecular weight excluding hydrogens is 222 g/mol. The van der Waals surface area contributed by atoms with Gasteiger partial charge in [-0.2, -0.15) is 5.10 Å². The third kappa shape index (κ3) is 4.13. The summed E-state index contributed by atoms with van der Waals surface area (Å²) in [6.45, 7) is 12.1. The first-order chi connectivity index (χ1) is 8.38. The second-order valence-corrected chi connectivity index (χ2v) is 6.19. The topological polar surface area (TPSA) is 29.9 Å². The van der Waals surface area contributed by atoms with Gasteiger partial charge in [-0.25, -0.2) is 0 Å². The van der Waals surface area contributed by atoms with Crippen LogP contribution in [0, 0.1) is 12.3 Å². The summed E-state index contributed by atoms with van der Waals surface area (Å²) in [6, 6.07) is 2.80. The summed E-state index contributed by atoms with van der Waals surface area (Å²) >= 11 is 0. The van der Waals surface area contributed by atoms with Crippen LogP contribution >= 0.6 is 0 Å². The monoisotopic (exact) mass is 251 g/mol. The zero-order valence-electron chi connectivity index (χ0n) is 12.9.